The molecule has 3 nitrogen and oxygen atoms in total. The summed E-state index contributed by atoms with van der Waals surface area (Å²) in [5.74, 6) is 0. The van der Waals surface area contributed by atoms with E-state index < -0.39 is 0 Å². The van der Waals surface area contributed by atoms with E-state index >= 15 is 0 Å². The van der Waals surface area contributed by atoms with Gasteiger partial charge < -0.3 is 44.7 Å². The van der Waals surface area contributed by atoms with Crippen molar-refractivity contribution < 1.29 is 34.0 Å². The quantitative estimate of drug-likeness (QED) is 0.536. The monoisotopic (exact) mass is 311 g/mol. The maximum Gasteiger partial charge on any atom is 0.0921 e. The average molecular weight is 313 g/mol. The molecule has 1 heterocycles. The highest BCUT2D eigenvalue weighted by Gasteiger charge is 1.92. The number of H-pyrrole nitrogens is 1. The number of aromatic amines is 1. The molecule has 0 amide bonds. The van der Waals surface area contributed by atoms with Gasteiger partial charge in [0.05, 0.1) is 6.33 Å². The van der Waals surface area contributed by atoms with Crippen molar-refractivity contribution in [2.24, 2.45) is 5.73 Å². The van der Waals surface area contributed by atoms with E-state index in [1.807, 2.05) is 6.20 Å². The Morgan fingerprint density at radius 2 is 2.00 bits per heavy atom. The van der Waals surface area contributed by atoms with Crippen LogP contribution in [0.2, 0.25) is 0 Å². The second kappa shape index (κ2) is 10.2. The maximum absolute atomic E-state index is 5.37. The maximum atomic E-state index is 5.37. The normalized spacial score (nSPS) is 8.69. The Bertz CT molecular complexity index is 178. The molecule has 0 radical (unpaired) electrons. The van der Waals surface area contributed by atoms with E-state index in [2.05, 4.69) is 9.97 Å². The van der Waals surface area contributed by atoms with Gasteiger partial charge in [-0.05, 0) is 25.8 Å². The van der Waals surface area contributed by atoms with Crippen LogP contribution in [0.1, 0.15) is 25.0 Å². The Hall–Kier alpha value is 0.130. The summed E-state index contributed by atoms with van der Waals surface area (Å²) in [4.78, 5) is 7.01. The number of aromatic nitrogens is 2. The summed E-state index contributed by atoms with van der Waals surface area (Å²) < 4.78 is 0. The highest BCUT2D eigenvalue weighted by atomic mass is 79.9. The zero-order chi connectivity index (χ0) is 7.94. The van der Waals surface area contributed by atoms with Gasteiger partial charge in [-0.2, -0.15) is 0 Å². The Kier molecular flexibility index (Phi) is 12.3. The average Bonchev–Trinajstić information content (AvgIpc) is 2.50. The van der Waals surface area contributed by atoms with Gasteiger partial charge in [0.15, 0.2) is 0 Å². The van der Waals surface area contributed by atoms with Crippen LogP contribution in [0.5, 0.6) is 0 Å². The molecular weight excluding hydrogens is 298 g/mol. The van der Waals surface area contributed by atoms with Crippen LogP contribution >= 0.6 is 0 Å². The Labute approximate surface area is 100 Å². The van der Waals surface area contributed by atoms with Gasteiger partial charge in [-0.25, -0.2) is 4.98 Å². The zero-order valence-corrected chi connectivity index (χ0v) is 10.6. The van der Waals surface area contributed by atoms with Gasteiger partial charge in [0.25, 0.3) is 0 Å². The first kappa shape index (κ1) is 15.6. The van der Waals surface area contributed by atoms with Crippen LogP contribution in [0.15, 0.2) is 12.5 Å². The summed E-state index contributed by atoms with van der Waals surface area (Å²) in [5, 5.41) is 0. The van der Waals surface area contributed by atoms with Crippen LogP contribution in [0, 0.1) is 0 Å². The highest BCUT2D eigenvalue weighted by Crippen LogP contribution is 2.01. The zero-order valence-electron chi connectivity index (χ0n) is 7.47. The predicted molar refractivity (Wildman–Crippen MR) is 45.2 cm³/mol. The minimum absolute atomic E-state index is 0. The van der Waals surface area contributed by atoms with E-state index in [9.17, 15) is 0 Å². The molecule has 0 aliphatic heterocycles. The third kappa shape index (κ3) is 7.22. The van der Waals surface area contributed by atoms with Crippen molar-refractivity contribution in [3.63, 3.8) is 0 Å². The van der Waals surface area contributed by atoms with Crippen molar-refractivity contribution in [3.05, 3.63) is 18.2 Å². The molecule has 1 aromatic rings. The number of imidazole rings is 1. The number of nitrogens with one attached hydrogen (secondary N) is 1. The molecule has 0 saturated carbocycles. The van der Waals surface area contributed by atoms with Crippen LogP contribution in [-0.4, -0.2) is 16.5 Å². The number of hydrogen-bond donors (Lipinski definition) is 2. The van der Waals surface area contributed by atoms with Crippen molar-refractivity contribution in [2.45, 2.75) is 25.7 Å². The van der Waals surface area contributed by atoms with Gasteiger partial charge in [0.1, 0.15) is 0 Å². The van der Waals surface area contributed by atoms with Crippen molar-refractivity contribution in [3.8, 4) is 0 Å². The first-order valence-electron chi connectivity index (χ1n) is 4.11. The number of rotatable bonds is 5. The second-order valence-corrected chi connectivity index (χ2v) is 2.68. The first-order chi connectivity index (χ1) is 5.43. The number of hydrogen-bond acceptors (Lipinski definition) is 2. The number of halogens is 2. The van der Waals surface area contributed by atoms with Gasteiger partial charge in [-0.3, -0.25) is 0 Å². The van der Waals surface area contributed by atoms with Gasteiger partial charge >= 0.3 is 0 Å². The van der Waals surface area contributed by atoms with Crippen LogP contribution in [0.4, 0.5) is 0 Å². The lowest BCUT2D eigenvalue weighted by Gasteiger charge is -1.95. The predicted octanol–water partition coefficient (Wildman–Crippen LogP) is -4.91. The molecule has 1 aromatic heterocycles. The molecule has 1 rings (SSSR count). The molecule has 0 bridgehead atoms. The van der Waals surface area contributed by atoms with E-state index in [1.165, 1.54) is 18.5 Å². The summed E-state index contributed by atoms with van der Waals surface area (Å²) in [6.45, 7) is 0.809. The largest absolute Gasteiger partial charge is 1.00 e. The third-order valence-corrected chi connectivity index (χ3v) is 1.71. The molecule has 0 spiro atoms. The van der Waals surface area contributed by atoms with Gasteiger partial charge in [0.2, 0.25) is 0 Å². The second-order valence-electron chi connectivity index (χ2n) is 2.68. The number of nitrogens with two attached hydrogens (primary N) is 1. The van der Waals surface area contributed by atoms with E-state index in [-0.39, 0.29) is 34.0 Å². The molecule has 0 aromatic carbocycles. The number of aryl methyl sites for hydroxylation is 1. The molecule has 0 saturated heterocycles. The molecule has 0 atom stereocenters. The fourth-order valence-corrected chi connectivity index (χ4v) is 1.06. The van der Waals surface area contributed by atoms with E-state index in [4.69, 9.17) is 5.73 Å². The van der Waals surface area contributed by atoms with Gasteiger partial charge in [-0.1, -0.05) is 6.42 Å². The Morgan fingerprint density at radius 1 is 1.23 bits per heavy atom. The Morgan fingerprint density at radius 3 is 2.54 bits per heavy atom. The minimum Gasteiger partial charge on any atom is -1.00 e. The van der Waals surface area contributed by atoms with Crippen molar-refractivity contribution in [2.75, 3.05) is 6.54 Å². The fourth-order valence-electron chi connectivity index (χ4n) is 1.06. The molecule has 3 N–H and O–H groups in total. The summed E-state index contributed by atoms with van der Waals surface area (Å²) in [6.07, 6.45) is 8.25. The lowest BCUT2D eigenvalue weighted by molar-refractivity contribution is -0.001000. The van der Waals surface area contributed by atoms with E-state index in [0.29, 0.717) is 0 Å². The smallest absolute Gasteiger partial charge is 0.0921 e. The molecule has 0 fully saturated rings. The van der Waals surface area contributed by atoms with Crippen molar-refractivity contribution in [1.29, 1.82) is 0 Å². The van der Waals surface area contributed by atoms with Gasteiger partial charge in [0, 0.05) is 11.9 Å². The fraction of sp³-hybridized carbons (Fsp3) is 0.625. The lowest BCUT2D eigenvalue weighted by Crippen LogP contribution is -3.00. The summed E-state index contributed by atoms with van der Waals surface area (Å²) in [6, 6.07) is 0. The molecule has 0 aliphatic rings. The third-order valence-electron chi connectivity index (χ3n) is 1.71. The minimum atomic E-state index is 0. The number of unbranched alkanes of at least 4 members (excludes halogenated alkanes) is 2. The SMILES string of the molecule is NCCCCCc1cnc[nH]1.[Br-].[Br-]. The van der Waals surface area contributed by atoms with Crippen molar-refractivity contribution in [1.82, 2.24) is 9.97 Å². The number of nitrogens with zero attached hydrogens (tertiary/aromatic N) is 1. The lowest BCUT2D eigenvalue weighted by atomic mass is 10.1. The van der Waals surface area contributed by atoms with Crippen molar-refractivity contribution >= 4 is 0 Å². The molecular formula is C8H15Br2N3-2. The van der Waals surface area contributed by atoms with Crippen LogP contribution < -0.4 is 39.7 Å². The Balaban J connectivity index is 0. The first-order valence-corrected chi connectivity index (χ1v) is 4.11. The van der Waals surface area contributed by atoms with Gasteiger partial charge in [-0.15, -0.1) is 0 Å². The van der Waals surface area contributed by atoms with Crippen LogP contribution in [-0.2, 0) is 6.42 Å². The molecule has 5 heteroatoms. The van der Waals surface area contributed by atoms with E-state index in [0.717, 1.165) is 19.4 Å². The summed E-state index contributed by atoms with van der Waals surface area (Å²) in [7, 11) is 0. The van der Waals surface area contributed by atoms with Crippen LogP contribution in [0.25, 0.3) is 0 Å². The molecule has 78 valence electrons. The van der Waals surface area contributed by atoms with Crippen LogP contribution in [0.3, 0.4) is 0 Å². The standard InChI is InChI=1S/C8H15N3.2BrH/c9-5-3-1-2-4-8-6-10-7-11-8;;/h6-7H,1-5,9H2,(H,10,11);2*1H/p-2. The van der Waals surface area contributed by atoms with E-state index in [1.54, 1.807) is 6.33 Å². The topological polar surface area (TPSA) is 54.7 Å². The molecule has 0 unspecified atom stereocenters. The summed E-state index contributed by atoms with van der Waals surface area (Å²) in [5.41, 5.74) is 6.59. The highest BCUT2D eigenvalue weighted by molar-refractivity contribution is 4.93. The summed E-state index contributed by atoms with van der Waals surface area (Å²) >= 11 is 0. The molecule has 13 heavy (non-hydrogen) atoms. The molecule has 0 aliphatic carbocycles.